The third-order valence-corrected chi connectivity index (χ3v) is 6.05. The van der Waals surface area contributed by atoms with Gasteiger partial charge in [-0.1, -0.05) is 0 Å². The molecule has 2 aromatic rings. The Balaban J connectivity index is 2.24. The quantitative estimate of drug-likeness (QED) is 0.747. The number of morpholine rings is 1. The zero-order valence-electron chi connectivity index (χ0n) is 13.5. The van der Waals surface area contributed by atoms with E-state index in [0.29, 0.717) is 24.1 Å². The number of nitrogens with one attached hydrogen (secondary N) is 3. The van der Waals surface area contributed by atoms with Crippen LogP contribution in [0.15, 0.2) is 23.1 Å². The summed E-state index contributed by atoms with van der Waals surface area (Å²) in [5.41, 5.74) is 1.41. The van der Waals surface area contributed by atoms with Crippen LogP contribution in [0.25, 0.3) is 10.9 Å². The lowest BCUT2D eigenvalue weighted by atomic mass is 10.2. The maximum Gasteiger partial charge on any atom is 0.268 e. The molecule has 0 saturated carbocycles. The SMILES string of the molecule is CNC(=O)c1[nH]c2ccc(NC)cc2c1S(=O)(=O)N1CCOCC1. The van der Waals surface area contributed by atoms with E-state index in [4.69, 9.17) is 4.74 Å². The van der Waals surface area contributed by atoms with Gasteiger partial charge < -0.3 is 20.4 Å². The lowest BCUT2D eigenvalue weighted by Gasteiger charge is -2.26. The molecule has 8 nitrogen and oxygen atoms in total. The van der Waals surface area contributed by atoms with E-state index >= 15 is 0 Å². The molecule has 2 heterocycles. The smallest absolute Gasteiger partial charge is 0.268 e. The molecule has 0 atom stereocenters. The summed E-state index contributed by atoms with van der Waals surface area (Å²) in [5, 5.41) is 5.97. The molecule has 1 aliphatic heterocycles. The van der Waals surface area contributed by atoms with Gasteiger partial charge in [0.05, 0.1) is 13.2 Å². The van der Waals surface area contributed by atoms with Gasteiger partial charge in [0.25, 0.3) is 5.91 Å². The second kappa shape index (κ2) is 6.42. The van der Waals surface area contributed by atoms with Crippen molar-refractivity contribution in [1.82, 2.24) is 14.6 Å². The molecular weight excluding hydrogens is 332 g/mol. The number of ether oxygens (including phenoxy) is 1. The first-order valence-electron chi connectivity index (χ1n) is 7.62. The van der Waals surface area contributed by atoms with E-state index in [1.165, 1.54) is 11.4 Å². The normalized spacial score (nSPS) is 16.2. The Kier molecular flexibility index (Phi) is 4.48. The van der Waals surface area contributed by atoms with Crippen molar-refractivity contribution in [2.24, 2.45) is 0 Å². The molecular formula is C15H20N4O4S. The fourth-order valence-electron chi connectivity index (χ4n) is 2.79. The molecule has 24 heavy (non-hydrogen) atoms. The van der Waals surface area contributed by atoms with Gasteiger partial charge in [-0.2, -0.15) is 4.31 Å². The molecule has 1 aliphatic rings. The van der Waals surface area contributed by atoms with Crippen molar-refractivity contribution >= 4 is 32.5 Å². The van der Waals surface area contributed by atoms with E-state index < -0.39 is 15.9 Å². The average molecular weight is 352 g/mol. The number of H-pyrrole nitrogens is 1. The fourth-order valence-corrected chi connectivity index (χ4v) is 4.53. The van der Waals surface area contributed by atoms with Crippen LogP contribution >= 0.6 is 0 Å². The number of fused-ring (bicyclic) bond motifs is 1. The number of anilines is 1. The van der Waals surface area contributed by atoms with E-state index in [0.717, 1.165) is 5.69 Å². The number of aromatic amines is 1. The van der Waals surface area contributed by atoms with E-state index in [1.54, 1.807) is 19.2 Å². The van der Waals surface area contributed by atoms with E-state index in [2.05, 4.69) is 15.6 Å². The van der Waals surface area contributed by atoms with Gasteiger partial charge in [-0.05, 0) is 18.2 Å². The zero-order chi connectivity index (χ0) is 17.3. The number of carbonyl (C=O) groups excluding carboxylic acids is 1. The number of hydrogen-bond acceptors (Lipinski definition) is 5. The van der Waals surface area contributed by atoms with Crippen LogP contribution in [0.5, 0.6) is 0 Å². The maximum atomic E-state index is 13.2. The second-order valence-electron chi connectivity index (χ2n) is 5.44. The molecule has 1 aromatic carbocycles. The van der Waals surface area contributed by atoms with Crippen molar-refractivity contribution in [2.45, 2.75) is 4.90 Å². The van der Waals surface area contributed by atoms with Crippen molar-refractivity contribution in [3.63, 3.8) is 0 Å². The number of rotatable bonds is 4. The Morgan fingerprint density at radius 3 is 2.58 bits per heavy atom. The summed E-state index contributed by atoms with van der Waals surface area (Å²) < 4.78 is 32.9. The van der Waals surface area contributed by atoms with Crippen molar-refractivity contribution in [3.05, 3.63) is 23.9 Å². The van der Waals surface area contributed by atoms with Crippen molar-refractivity contribution in [2.75, 3.05) is 45.7 Å². The average Bonchev–Trinajstić information content (AvgIpc) is 3.01. The van der Waals surface area contributed by atoms with Crippen LogP contribution in [-0.2, 0) is 14.8 Å². The second-order valence-corrected chi connectivity index (χ2v) is 7.31. The van der Waals surface area contributed by atoms with Crippen LogP contribution in [-0.4, -0.2) is 64.0 Å². The third-order valence-electron chi connectivity index (χ3n) is 4.06. The number of sulfonamides is 1. The molecule has 0 unspecified atom stereocenters. The summed E-state index contributed by atoms with van der Waals surface area (Å²) in [6.45, 7) is 1.24. The first-order chi connectivity index (χ1) is 11.5. The van der Waals surface area contributed by atoms with Crippen molar-refractivity contribution in [3.8, 4) is 0 Å². The number of amides is 1. The standard InChI is InChI=1S/C15H20N4O4S/c1-16-10-3-4-12-11(9-10)14(13(18-12)15(20)17-2)24(21,22)19-5-7-23-8-6-19/h3-4,9,16,18H,5-8H2,1-2H3,(H,17,20). The van der Waals surface area contributed by atoms with E-state index in [9.17, 15) is 13.2 Å². The van der Waals surface area contributed by atoms with Crippen LogP contribution in [0, 0.1) is 0 Å². The molecule has 0 radical (unpaired) electrons. The van der Waals surface area contributed by atoms with Crippen LogP contribution in [0.4, 0.5) is 5.69 Å². The summed E-state index contributed by atoms with van der Waals surface area (Å²) >= 11 is 0. The molecule has 9 heteroatoms. The predicted octanol–water partition coefficient (Wildman–Crippen LogP) is 0.590. The van der Waals surface area contributed by atoms with Crippen LogP contribution in [0.3, 0.4) is 0 Å². The van der Waals surface area contributed by atoms with Gasteiger partial charge >= 0.3 is 0 Å². The number of aromatic nitrogens is 1. The van der Waals surface area contributed by atoms with Gasteiger partial charge in [-0.15, -0.1) is 0 Å². The molecule has 3 rings (SSSR count). The highest BCUT2D eigenvalue weighted by molar-refractivity contribution is 7.89. The Labute approximate surface area is 140 Å². The third kappa shape index (κ3) is 2.74. The Morgan fingerprint density at radius 2 is 1.96 bits per heavy atom. The first kappa shape index (κ1) is 16.7. The van der Waals surface area contributed by atoms with Gasteiger partial charge in [-0.3, -0.25) is 4.79 Å². The van der Waals surface area contributed by atoms with E-state index in [1.807, 2.05) is 6.07 Å². The number of carbonyl (C=O) groups is 1. The van der Waals surface area contributed by atoms with Crippen LogP contribution in [0.1, 0.15) is 10.5 Å². The number of benzene rings is 1. The lowest BCUT2D eigenvalue weighted by molar-refractivity contribution is 0.0730. The molecule has 1 fully saturated rings. The van der Waals surface area contributed by atoms with Crippen molar-refractivity contribution < 1.29 is 17.9 Å². The van der Waals surface area contributed by atoms with Gasteiger partial charge in [0, 0.05) is 43.8 Å². The predicted molar refractivity (Wildman–Crippen MR) is 90.8 cm³/mol. The number of hydrogen-bond donors (Lipinski definition) is 3. The van der Waals surface area contributed by atoms with Crippen LogP contribution in [0.2, 0.25) is 0 Å². The molecule has 130 valence electrons. The van der Waals surface area contributed by atoms with Crippen molar-refractivity contribution in [1.29, 1.82) is 0 Å². The largest absolute Gasteiger partial charge is 0.388 e. The summed E-state index contributed by atoms with van der Waals surface area (Å²) in [5.74, 6) is -0.468. The highest BCUT2D eigenvalue weighted by Crippen LogP contribution is 2.32. The first-order valence-corrected chi connectivity index (χ1v) is 9.06. The summed E-state index contributed by atoms with van der Waals surface area (Å²) in [4.78, 5) is 15.2. The maximum absolute atomic E-state index is 13.2. The van der Waals surface area contributed by atoms with Gasteiger partial charge in [-0.25, -0.2) is 8.42 Å². The summed E-state index contributed by atoms with van der Waals surface area (Å²) in [6.07, 6.45) is 0. The lowest BCUT2D eigenvalue weighted by Crippen LogP contribution is -2.41. The zero-order valence-corrected chi connectivity index (χ0v) is 14.4. The highest BCUT2D eigenvalue weighted by atomic mass is 32.2. The van der Waals surface area contributed by atoms with Gasteiger partial charge in [0.1, 0.15) is 10.6 Å². The number of nitrogens with zero attached hydrogens (tertiary/aromatic N) is 1. The fraction of sp³-hybridized carbons (Fsp3) is 0.400. The Morgan fingerprint density at radius 1 is 1.25 bits per heavy atom. The minimum Gasteiger partial charge on any atom is -0.388 e. The molecule has 0 aliphatic carbocycles. The minimum atomic E-state index is -3.82. The molecule has 0 spiro atoms. The molecule has 1 aromatic heterocycles. The Bertz CT molecular complexity index is 869. The topological polar surface area (TPSA) is 104 Å². The highest BCUT2D eigenvalue weighted by Gasteiger charge is 2.33. The molecule has 1 saturated heterocycles. The minimum absolute atomic E-state index is 0.0100. The summed E-state index contributed by atoms with van der Waals surface area (Å²) in [7, 11) is -0.599. The van der Waals surface area contributed by atoms with E-state index in [-0.39, 0.29) is 23.7 Å². The molecule has 3 N–H and O–H groups in total. The summed E-state index contributed by atoms with van der Waals surface area (Å²) in [6, 6.07) is 5.30. The molecule has 1 amide bonds. The van der Waals surface area contributed by atoms with Gasteiger partial charge in [0.2, 0.25) is 10.0 Å². The molecule has 0 bridgehead atoms. The van der Waals surface area contributed by atoms with Crippen LogP contribution < -0.4 is 10.6 Å². The monoisotopic (exact) mass is 352 g/mol. The van der Waals surface area contributed by atoms with Gasteiger partial charge in [0.15, 0.2) is 0 Å². The Hall–Kier alpha value is -2.10.